The molecule has 1 amide bonds. The highest BCUT2D eigenvalue weighted by Gasteiger charge is 2.36. The van der Waals surface area contributed by atoms with Gasteiger partial charge in [-0.3, -0.25) is 9.69 Å². The highest BCUT2D eigenvalue weighted by molar-refractivity contribution is 5.86. The molecule has 0 aromatic carbocycles. The number of nitrogens with zero attached hydrogens (tertiary/aromatic N) is 2. The van der Waals surface area contributed by atoms with Crippen molar-refractivity contribution in [2.45, 2.75) is 31.2 Å². The summed E-state index contributed by atoms with van der Waals surface area (Å²) in [5, 5.41) is 3.00. The maximum absolute atomic E-state index is 12.0. The summed E-state index contributed by atoms with van der Waals surface area (Å²) in [6.07, 6.45) is 3.85. The lowest BCUT2D eigenvalue weighted by Crippen LogP contribution is -2.53. The third-order valence-electron chi connectivity index (χ3n) is 4.26. The van der Waals surface area contributed by atoms with Crippen LogP contribution in [-0.4, -0.2) is 67.6 Å². The Hall–Kier alpha value is 0.220. The van der Waals surface area contributed by atoms with Gasteiger partial charge >= 0.3 is 0 Å². The van der Waals surface area contributed by atoms with Gasteiger partial charge in [-0.15, -0.1) is 37.2 Å². The number of amides is 1. The number of carbonyl (C=O) groups is 1. The Bertz CT molecular complexity index is 293. The molecule has 0 radical (unpaired) electrons. The maximum atomic E-state index is 12.0. The van der Waals surface area contributed by atoms with Crippen LogP contribution >= 0.6 is 37.2 Å². The monoisotopic (exact) mass is 362 g/mol. The van der Waals surface area contributed by atoms with Crippen molar-refractivity contribution in [2.75, 3.05) is 46.3 Å². The Kier molecular flexibility index (Phi) is 12.2. The molecule has 0 aromatic heterocycles. The summed E-state index contributed by atoms with van der Waals surface area (Å²) < 4.78 is 0. The van der Waals surface area contributed by atoms with Crippen molar-refractivity contribution < 1.29 is 4.79 Å². The molecule has 1 heterocycles. The Morgan fingerprint density at radius 1 is 1.10 bits per heavy atom. The lowest BCUT2D eigenvalue weighted by molar-refractivity contribution is -0.126. The number of hydrogen-bond acceptors (Lipinski definition) is 4. The summed E-state index contributed by atoms with van der Waals surface area (Å²) in [6, 6.07) is 0. The number of nitrogens with one attached hydrogen (secondary N) is 1. The van der Waals surface area contributed by atoms with Gasteiger partial charge in [-0.05, 0) is 19.9 Å². The molecule has 0 atom stereocenters. The van der Waals surface area contributed by atoms with E-state index in [0.29, 0.717) is 0 Å². The topological polar surface area (TPSA) is 61.6 Å². The van der Waals surface area contributed by atoms with E-state index >= 15 is 0 Å². The number of carbonyl (C=O) groups excluding carboxylic acids is 1. The summed E-state index contributed by atoms with van der Waals surface area (Å²) in [6.45, 7) is 6.10. The van der Waals surface area contributed by atoms with Crippen molar-refractivity contribution in [3.8, 4) is 0 Å². The molecular weight excluding hydrogens is 335 g/mol. The number of likely N-dealkylation sites (N-methyl/N-ethyl adjacent to an activating group) is 1. The van der Waals surface area contributed by atoms with Crippen LogP contribution < -0.4 is 11.1 Å². The second kappa shape index (κ2) is 10.9. The van der Waals surface area contributed by atoms with Gasteiger partial charge in [-0.1, -0.05) is 12.8 Å². The normalized spacial score (nSPS) is 21.6. The van der Waals surface area contributed by atoms with Gasteiger partial charge in [-0.25, -0.2) is 0 Å². The average molecular weight is 364 g/mol. The molecule has 1 aliphatic heterocycles. The van der Waals surface area contributed by atoms with Crippen molar-refractivity contribution in [1.29, 1.82) is 0 Å². The van der Waals surface area contributed by atoms with E-state index in [1.807, 2.05) is 0 Å². The van der Waals surface area contributed by atoms with Gasteiger partial charge in [0.1, 0.15) is 0 Å². The second-order valence-corrected chi connectivity index (χ2v) is 5.76. The molecule has 5 nitrogen and oxygen atoms in total. The van der Waals surface area contributed by atoms with Gasteiger partial charge in [-0.2, -0.15) is 0 Å². The molecule has 1 aliphatic carbocycles. The Balaban J connectivity index is 0. The fraction of sp³-hybridized carbons (Fsp3) is 0.923. The number of hydrogen-bond donors (Lipinski definition) is 2. The van der Waals surface area contributed by atoms with Crippen molar-refractivity contribution in [1.82, 2.24) is 15.1 Å². The molecule has 2 rings (SSSR count). The van der Waals surface area contributed by atoms with E-state index in [2.05, 4.69) is 22.2 Å². The lowest BCUT2D eigenvalue weighted by atomic mass is 9.98. The van der Waals surface area contributed by atoms with Crippen LogP contribution in [0.5, 0.6) is 0 Å². The minimum atomic E-state index is -0.581. The first kappa shape index (κ1) is 23.5. The zero-order valence-electron chi connectivity index (χ0n) is 12.7. The Morgan fingerprint density at radius 2 is 1.62 bits per heavy atom. The fourth-order valence-electron chi connectivity index (χ4n) is 2.81. The smallest absolute Gasteiger partial charge is 0.240 e. The van der Waals surface area contributed by atoms with Gasteiger partial charge in [0.05, 0.1) is 5.54 Å². The molecule has 8 heteroatoms. The summed E-state index contributed by atoms with van der Waals surface area (Å²) in [5.74, 6) is 0.0501. The summed E-state index contributed by atoms with van der Waals surface area (Å²) in [7, 11) is 2.15. The third-order valence-corrected chi connectivity index (χ3v) is 4.26. The minimum absolute atomic E-state index is 0. The summed E-state index contributed by atoms with van der Waals surface area (Å²) >= 11 is 0. The van der Waals surface area contributed by atoms with E-state index in [1.165, 1.54) is 0 Å². The van der Waals surface area contributed by atoms with E-state index in [1.54, 1.807) is 0 Å². The Labute approximate surface area is 146 Å². The molecule has 0 bridgehead atoms. The largest absolute Gasteiger partial charge is 0.353 e. The van der Waals surface area contributed by atoms with Gasteiger partial charge in [0, 0.05) is 39.3 Å². The lowest BCUT2D eigenvalue weighted by Gasteiger charge is -2.32. The number of rotatable bonds is 4. The van der Waals surface area contributed by atoms with Crippen LogP contribution in [0.1, 0.15) is 25.7 Å². The third kappa shape index (κ3) is 6.89. The average Bonchev–Trinajstić information content (AvgIpc) is 2.80. The molecule has 0 unspecified atom stereocenters. The predicted molar refractivity (Wildman–Crippen MR) is 94.1 cm³/mol. The molecule has 0 spiro atoms. The first-order valence-corrected chi connectivity index (χ1v) is 7.08. The van der Waals surface area contributed by atoms with Crippen molar-refractivity contribution in [3.63, 3.8) is 0 Å². The molecule has 2 fully saturated rings. The van der Waals surface area contributed by atoms with Crippen LogP contribution in [0, 0.1) is 0 Å². The van der Waals surface area contributed by atoms with E-state index in [0.717, 1.165) is 65.0 Å². The first-order valence-electron chi connectivity index (χ1n) is 7.08. The van der Waals surface area contributed by atoms with Crippen LogP contribution in [0.3, 0.4) is 0 Å². The predicted octanol–water partition coefficient (Wildman–Crippen LogP) is 0.887. The standard InChI is InChI=1S/C13H26N4O.3ClH/c1-16-8-10-17(11-9-16)7-6-15-12(18)13(14)4-2-3-5-13;;;/h2-11,14H2,1H3,(H,15,18);3*1H. The van der Waals surface area contributed by atoms with Crippen molar-refractivity contribution in [3.05, 3.63) is 0 Å². The van der Waals surface area contributed by atoms with E-state index in [-0.39, 0.29) is 43.1 Å². The second-order valence-electron chi connectivity index (χ2n) is 5.76. The van der Waals surface area contributed by atoms with Crippen LogP contribution in [0.2, 0.25) is 0 Å². The van der Waals surface area contributed by atoms with Crippen LogP contribution in [0.25, 0.3) is 0 Å². The quantitative estimate of drug-likeness (QED) is 0.778. The SMILES string of the molecule is CN1CCN(CCNC(=O)C2(N)CCCC2)CC1.Cl.Cl.Cl. The molecule has 1 saturated heterocycles. The fourth-order valence-corrected chi connectivity index (χ4v) is 2.81. The van der Waals surface area contributed by atoms with Crippen LogP contribution in [-0.2, 0) is 4.79 Å². The first-order chi connectivity index (χ1) is 8.60. The molecule has 2 aliphatic rings. The van der Waals surface area contributed by atoms with Gasteiger partial charge in [0.25, 0.3) is 0 Å². The van der Waals surface area contributed by atoms with E-state index < -0.39 is 5.54 Å². The Morgan fingerprint density at radius 3 is 2.14 bits per heavy atom. The number of halogens is 3. The van der Waals surface area contributed by atoms with Gasteiger partial charge in [0.15, 0.2) is 0 Å². The van der Waals surface area contributed by atoms with Crippen molar-refractivity contribution >= 4 is 43.1 Å². The molecule has 21 heavy (non-hydrogen) atoms. The number of piperazine rings is 1. The van der Waals surface area contributed by atoms with E-state index in [9.17, 15) is 4.79 Å². The highest BCUT2D eigenvalue weighted by Crippen LogP contribution is 2.27. The minimum Gasteiger partial charge on any atom is -0.353 e. The maximum Gasteiger partial charge on any atom is 0.240 e. The highest BCUT2D eigenvalue weighted by atomic mass is 35.5. The molecule has 128 valence electrons. The van der Waals surface area contributed by atoms with Crippen LogP contribution in [0.4, 0.5) is 0 Å². The number of nitrogens with two attached hydrogens (primary N) is 1. The zero-order valence-corrected chi connectivity index (χ0v) is 15.1. The van der Waals surface area contributed by atoms with Crippen molar-refractivity contribution in [2.24, 2.45) is 5.73 Å². The summed E-state index contributed by atoms with van der Waals surface area (Å²) in [5.41, 5.74) is 5.53. The molecular formula is C13H29Cl3N4O. The summed E-state index contributed by atoms with van der Waals surface area (Å²) in [4.78, 5) is 16.7. The molecule has 3 N–H and O–H groups in total. The van der Waals surface area contributed by atoms with Gasteiger partial charge in [0.2, 0.25) is 5.91 Å². The van der Waals surface area contributed by atoms with Gasteiger partial charge < -0.3 is 16.0 Å². The molecule has 1 saturated carbocycles. The molecule has 0 aromatic rings. The zero-order chi connectivity index (χ0) is 13.0. The van der Waals surface area contributed by atoms with Crippen LogP contribution in [0.15, 0.2) is 0 Å². The van der Waals surface area contributed by atoms with E-state index in [4.69, 9.17) is 5.73 Å².